The van der Waals surface area contributed by atoms with Crippen molar-refractivity contribution in [2.75, 3.05) is 14.1 Å². The molecule has 0 spiro atoms. The number of nitrogens with zero attached hydrogens (tertiary/aromatic N) is 4. The average Bonchev–Trinajstić information content (AvgIpc) is 3.07. The molecule has 0 bridgehead atoms. The van der Waals surface area contributed by atoms with Crippen molar-refractivity contribution in [1.29, 1.82) is 0 Å². The third-order valence-corrected chi connectivity index (χ3v) is 4.94. The molecule has 0 aliphatic rings. The number of carbonyl (C=O) groups excluding carboxylic acids is 1. The maximum atomic E-state index is 12.8. The Labute approximate surface area is 186 Å². The summed E-state index contributed by atoms with van der Waals surface area (Å²) in [6.07, 6.45) is 0. The van der Waals surface area contributed by atoms with Crippen molar-refractivity contribution < 1.29 is 14.6 Å². The van der Waals surface area contributed by atoms with Gasteiger partial charge in [-0.2, -0.15) is 0 Å². The van der Waals surface area contributed by atoms with E-state index in [4.69, 9.17) is 4.74 Å². The van der Waals surface area contributed by atoms with Crippen molar-refractivity contribution in [2.45, 2.75) is 13.3 Å². The molecule has 7 nitrogen and oxygen atoms in total. The van der Waals surface area contributed by atoms with Crippen LogP contribution in [0, 0.1) is 0 Å². The summed E-state index contributed by atoms with van der Waals surface area (Å²) in [5, 5.41) is 19.5. The lowest BCUT2D eigenvalue weighted by Gasteiger charge is -2.12. The number of hydrogen-bond donors (Lipinski definition) is 1. The Kier molecular flexibility index (Phi) is 6.28. The molecule has 0 radical (unpaired) electrons. The van der Waals surface area contributed by atoms with E-state index in [0.717, 1.165) is 16.5 Å². The van der Waals surface area contributed by atoms with E-state index in [1.807, 2.05) is 73.6 Å². The van der Waals surface area contributed by atoms with E-state index in [9.17, 15) is 9.90 Å². The molecule has 0 aliphatic carbocycles. The Hall–Kier alpha value is -3.97. The molecule has 1 N–H and O–H groups in total. The molecule has 0 fully saturated rings. The summed E-state index contributed by atoms with van der Waals surface area (Å²) in [5.74, 6) is -0.151. The molecule has 4 aromatic rings. The molecule has 7 heteroatoms. The molecular weight excluding hydrogens is 404 g/mol. The Morgan fingerprint density at radius 1 is 0.969 bits per heavy atom. The maximum Gasteiger partial charge on any atom is 0.299 e. The molecule has 4 rings (SSSR count). The van der Waals surface area contributed by atoms with E-state index in [1.54, 1.807) is 28.8 Å². The van der Waals surface area contributed by atoms with Crippen LogP contribution in [0.2, 0.25) is 0 Å². The second-order valence-corrected chi connectivity index (χ2v) is 7.61. The van der Waals surface area contributed by atoms with Gasteiger partial charge in [0.15, 0.2) is 5.69 Å². The van der Waals surface area contributed by atoms with Crippen LogP contribution in [0.3, 0.4) is 0 Å². The van der Waals surface area contributed by atoms with Gasteiger partial charge in [-0.25, -0.2) is 0 Å². The number of hydrogen-bond acceptors (Lipinski definition) is 5. The number of ether oxygens (including phenoxy) is 1. The standard InChI is InChI=1S/C25H24N4O3/c1-28(2)17-29-21-14-8-6-12-19(21)23(25(29)31)26-27-24(30)20-13-7-9-15-22(20)32-16-18-10-4-3-5-11-18/h3-15,31H,16-17H2,1-2H3. The lowest BCUT2D eigenvalue weighted by Crippen LogP contribution is -2.16. The van der Waals surface area contributed by atoms with Crippen molar-refractivity contribution in [3.8, 4) is 11.6 Å². The smallest absolute Gasteiger partial charge is 0.299 e. The van der Waals surface area contributed by atoms with E-state index < -0.39 is 5.91 Å². The SMILES string of the molecule is CN(C)Cn1c(O)c(N=NC(=O)c2ccccc2OCc2ccccc2)c2ccccc21. The number of carbonyl (C=O) groups is 1. The Bertz CT molecular complexity index is 1260. The summed E-state index contributed by atoms with van der Waals surface area (Å²) in [6, 6.07) is 24.1. The van der Waals surface area contributed by atoms with Gasteiger partial charge in [-0.05, 0) is 37.9 Å². The molecule has 1 amide bonds. The minimum absolute atomic E-state index is 0.0370. The van der Waals surface area contributed by atoms with Gasteiger partial charge in [-0.15, -0.1) is 10.2 Å². The van der Waals surface area contributed by atoms with E-state index in [1.165, 1.54) is 0 Å². The molecule has 0 unspecified atom stereocenters. The van der Waals surface area contributed by atoms with Crippen LogP contribution in [0.15, 0.2) is 89.1 Å². The van der Waals surface area contributed by atoms with E-state index in [2.05, 4.69) is 10.2 Å². The molecular formula is C25H24N4O3. The molecule has 0 saturated carbocycles. The van der Waals surface area contributed by atoms with Gasteiger partial charge in [0.2, 0.25) is 5.88 Å². The number of azo groups is 1. The predicted molar refractivity (Wildman–Crippen MR) is 123 cm³/mol. The minimum atomic E-state index is -0.544. The van der Waals surface area contributed by atoms with Gasteiger partial charge >= 0.3 is 0 Å². The fraction of sp³-hybridized carbons (Fsp3) is 0.160. The van der Waals surface area contributed by atoms with Crippen LogP contribution in [0.4, 0.5) is 5.69 Å². The third kappa shape index (κ3) is 4.53. The molecule has 3 aromatic carbocycles. The predicted octanol–water partition coefficient (Wildman–Crippen LogP) is 5.37. The summed E-state index contributed by atoms with van der Waals surface area (Å²) < 4.78 is 7.58. The highest BCUT2D eigenvalue weighted by Crippen LogP contribution is 2.39. The van der Waals surface area contributed by atoms with E-state index in [0.29, 0.717) is 24.6 Å². The van der Waals surface area contributed by atoms with Gasteiger partial charge in [0.05, 0.1) is 17.7 Å². The number of para-hydroxylation sites is 2. The quantitative estimate of drug-likeness (QED) is 0.401. The van der Waals surface area contributed by atoms with Crippen molar-refractivity contribution in [3.63, 3.8) is 0 Å². The first-order valence-electron chi connectivity index (χ1n) is 10.2. The summed E-state index contributed by atoms with van der Waals surface area (Å²) in [7, 11) is 3.82. The third-order valence-electron chi connectivity index (χ3n) is 4.94. The molecule has 0 aliphatic heterocycles. The molecule has 1 aromatic heterocycles. The van der Waals surface area contributed by atoms with Crippen molar-refractivity contribution in [1.82, 2.24) is 9.47 Å². The van der Waals surface area contributed by atoms with Gasteiger partial charge in [-0.1, -0.05) is 60.7 Å². The van der Waals surface area contributed by atoms with Crippen molar-refractivity contribution in [2.24, 2.45) is 10.2 Å². The van der Waals surface area contributed by atoms with Crippen LogP contribution >= 0.6 is 0 Å². The van der Waals surface area contributed by atoms with E-state index in [-0.39, 0.29) is 11.6 Å². The fourth-order valence-corrected chi connectivity index (χ4v) is 3.45. The minimum Gasteiger partial charge on any atom is -0.493 e. The average molecular weight is 428 g/mol. The Morgan fingerprint density at radius 3 is 2.44 bits per heavy atom. The summed E-state index contributed by atoms with van der Waals surface area (Å²) in [5.41, 5.74) is 2.38. The highest BCUT2D eigenvalue weighted by molar-refractivity contribution is 5.98. The number of aromatic nitrogens is 1. The topological polar surface area (TPSA) is 79.4 Å². The summed E-state index contributed by atoms with van der Waals surface area (Å²) >= 11 is 0. The van der Waals surface area contributed by atoms with Gasteiger partial charge in [0, 0.05) is 5.39 Å². The second kappa shape index (κ2) is 9.45. The maximum absolute atomic E-state index is 12.8. The molecule has 162 valence electrons. The Balaban J connectivity index is 1.61. The fourth-order valence-electron chi connectivity index (χ4n) is 3.45. The second-order valence-electron chi connectivity index (χ2n) is 7.61. The van der Waals surface area contributed by atoms with Crippen LogP contribution in [0.1, 0.15) is 15.9 Å². The number of amides is 1. The lowest BCUT2D eigenvalue weighted by molar-refractivity contribution is 0.0990. The van der Waals surface area contributed by atoms with Gasteiger partial charge in [0.1, 0.15) is 12.4 Å². The number of aromatic hydroxyl groups is 1. The zero-order valence-electron chi connectivity index (χ0n) is 18.0. The van der Waals surface area contributed by atoms with Crippen LogP contribution in [-0.2, 0) is 13.3 Å². The van der Waals surface area contributed by atoms with Gasteiger partial charge in [0.25, 0.3) is 5.91 Å². The van der Waals surface area contributed by atoms with Crippen LogP contribution in [-0.4, -0.2) is 34.6 Å². The largest absolute Gasteiger partial charge is 0.493 e. The zero-order chi connectivity index (χ0) is 22.5. The summed E-state index contributed by atoms with van der Waals surface area (Å²) in [6.45, 7) is 0.799. The first kappa shape index (κ1) is 21.3. The van der Waals surface area contributed by atoms with E-state index >= 15 is 0 Å². The first-order chi connectivity index (χ1) is 15.5. The monoisotopic (exact) mass is 428 g/mol. The molecule has 0 saturated heterocycles. The number of benzene rings is 3. The highest BCUT2D eigenvalue weighted by Gasteiger charge is 2.18. The van der Waals surface area contributed by atoms with Gasteiger partial charge < -0.3 is 9.84 Å². The molecule has 32 heavy (non-hydrogen) atoms. The number of rotatable bonds is 7. The Morgan fingerprint density at radius 2 is 1.66 bits per heavy atom. The molecule has 0 atom stereocenters. The van der Waals surface area contributed by atoms with Crippen LogP contribution in [0.25, 0.3) is 10.9 Å². The normalized spacial score (nSPS) is 11.5. The summed E-state index contributed by atoms with van der Waals surface area (Å²) in [4.78, 5) is 14.8. The first-order valence-corrected chi connectivity index (χ1v) is 10.2. The molecule has 1 heterocycles. The highest BCUT2D eigenvalue weighted by atomic mass is 16.5. The van der Waals surface area contributed by atoms with Crippen LogP contribution < -0.4 is 4.74 Å². The van der Waals surface area contributed by atoms with Gasteiger partial charge in [-0.3, -0.25) is 14.3 Å². The van der Waals surface area contributed by atoms with Crippen LogP contribution in [0.5, 0.6) is 11.6 Å². The van der Waals surface area contributed by atoms with Crippen molar-refractivity contribution in [3.05, 3.63) is 90.0 Å². The number of fused-ring (bicyclic) bond motifs is 1. The van der Waals surface area contributed by atoms with Crippen molar-refractivity contribution >= 4 is 22.5 Å². The lowest BCUT2D eigenvalue weighted by atomic mass is 10.2. The zero-order valence-corrected chi connectivity index (χ0v) is 18.0.